The summed E-state index contributed by atoms with van der Waals surface area (Å²) in [5.74, 6) is 5.72. The van der Waals surface area contributed by atoms with Gasteiger partial charge in [-0.2, -0.15) is 0 Å². The van der Waals surface area contributed by atoms with Gasteiger partial charge in [0, 0.05) is 11.1 Å². The Kier molecular flexibility index (Phi) is 5.18. The summed E-state index contributed by atoms with van der Waals surface area (Å²) in [4.78, 5) is 0. The van der Waals surface area contributed by atoms with E-state index in [1.807, 2.05) is 18.2 Å². The molecule has 0 amide bonds. The van der Waals surface area contributed by atoms with Gasteiger partial charge < -0.3 is 0 Å². The molecule has 2 aromatic carbocycles. The normalized spacial score (nSPS) is 12.4. The molecule has 0 saturated carbocycles. The Balaban J connectivity index is 2.13. The van der Waals surface area contributed by atoms with Crippen molar-refractivity contribution in [1.29, 1.82) is 0 Å². The van der Waals surface area contributed by atoms with Crippen molar-refractivity contribution in [1.82, 2.24) is 5.43 Å². The molecule has 106 valence electrons. The Hall–Kier alpha value is -1.35. The SMILES string of the molecule is Cc1cccc(C)c1CC(Cc1cccc(Cl)c1)NN. The first-order valence-electron chi connectivity index (χ1n) is 6.86. The first-order valence-corrected chi connectivity index (χ1v) is 7.23. The lowest BCUT2D eigenvalue weighted by Crippen LogP contribution is -2.38. The highest BCUT2D eigenvalue weighted by molar-refractivity contribution is 6.30. The number of nitrogens with two attached hydrogens (primary N) is 1. The van der Waals surface area contributed by atoms with E-state index >= 15 is 0 Å². The Morgan fingerprint density at radius 2 is 1.70 bits per heavy atom. The second-order valence-corrected chi connectivity index (χ2v) is 5.71. The molecule has 0 bridgehead atoms. The minimum atomic E-state index is 0.202. The summed E-state index contributed by atoms with van der Waals surface area (Å²) >= 11 is 6.03. The van der Waals surface area contributed by atoms with Crippen LogP contribution in [0.5, 0.6) is 0 Å². The summed E-state index contributed by atoms with van der Waals surface area (Å²) in [6.07, 6.45) is 1.78. The molecule has 2 rings (SSSR count). The monoisotopic (exact) mass is 288 g/mol. The zero-order chi connectivity index (χ0) is 14.5. The number of hydrazine groups is 1. The Bertz CT molecular complexity index is 561. The molecule has 1 unspecified atom stereocenters. The number of benzene rings is 2. The van der Waals surface area contributed by atoms with Crippen LogP contribution in [0.15, 0.2) is 42.5 Å². The van der Waals surface area contributed by atoms with E-state index in [4.69, 9.17) is 17.4 Å². The third-order valence-corrected chi connectivity index (χ3v) is 3.94. The molecule has 20 heavy (non-hydrogen) atoms. The molecule has 0 fully saturated rings. The van der Waals surface area contributed by atoms with E-state index in [-0.39, 0.29) is 6.04 Å². The van der Waals surface area contributed by atoms with Gasteiger partial charge in [0.15, 0.2) is 0 Å². The average molecular weight is 289 g/mol. The quantitative estimate of drug-likeness (QED) is 0.652. The summed E-state index contributed by atoms with van der Waals surface area (Å²) in [6, 6.07) is 14.5. The van der Waals surface area contributed by atoms with Gasteiger partial charge in [-0.3, -0.25) is 11.3 Å². The molecule has 2 nitrogen and oxygen atoms in total. The maximum absolute atomic E-state index is 6.03. The van der Waals surface area contributed by atoms with E-state index in [1.165, 1.54) is 22.3 Å². The first-order chi connectivity index (χ1) is 9.60. The van der Waals surface area contributed by atoms with Crippen molar-refractivity contribution >= 4 is 11.6 Å². The molecule has 3 heteroatoms. The lowest BCUT2D eigenvalue weighted by Gasteiger charge is -2.19. The Morgan fingerprint density at radius 3 is 2.30 bits per heavy atom. The summed E-state index contributed by atoms with van der Waals surface area (Å²) in [6.45, 7) is 4.30. The van der Waals surface area contributed by atoms with Gasteiger partial charge >= 0.3 is 0 Å². The minimum Gasteiger partial charge on any atom is -0.271 e. The lowest BCUT2D eigenvalue weighted by molar-refractivity contribution is 0.520. The third-order valence-electron chi connectivity index (χ3n) is 3.70. The highest BCUT2D eigenvalue weighted by atomic mass is 35.5. The van der Waals surface area contributed by atoms with E-state index in [0.29, 0.717) is 0 Å². The van der Waals surface area contributed by atoms with E-state index in [2.05, 4.69) is 43.5 Å². The fourth-order valence-electron chi connectivity index (χ4n) is 2.56. The second kappa shape index (κ2) is 6.89. The Morgan fingerprint density at radius 1 is 1.05 bits per heavy atom. The zero-order valence-electron chi connectivity index (χ0n) is 12.0. The van der Waals surface area contributed by atoms with Crippen molar-refractivity contribution in [3.8, 4) is 0 Å². The van der Waals surface area contributed by atoms with Crippen LogP contribution >= 0.6 is 11.6 Å². The summed E-state index contributed by atoms with van der Waals surface area (Å²) in [5.41, 5.74) is 8.14. The van der Waals surface area contributed by atoms with Crippen molar-refractivity contribution < 1.29 is 0 Å². The van der Waals surface area contributed by atoms with E-state index in [0.717, 1.165) is 17.9 Å². The second-order valence-electron chi connectivity index (χ2n) is 5.27. The van der Waals surface area contributed by atoms with Crippen LogP contribution in [0, 0.1) is 13.8 Å². The molecule has 0 aliphatic rings. The number of aryl methyl sites for hydroxylation is 2. The third kappa shape index (κ3) is 3.83. The molecule has 0 heterocycles. The van der Waals surface area contributed by atoms with Gasteiger partial charge in [0.05, 0.1) is 0 Å². The van der Waals surface area contributed by atoms with Gasteiger partial charge in [-0.05, 0) is 61.1 Å². The lowest BCUT2D eigenvalue weighted by atomic mass is 9.93. The maximum atomic E-state index is 6.03. The Labute approximate surface area is 125 Å². The highest BCUT2D eigenvalue weighted by Gasteiger charge is 2.12. The van der Waals surface area contributed by atoms with Crippen LogP contribution in [0.1, 0.15) is 22.3 Å². The molecule has 0 aliphatic heterocycles. The predicted octanol–water partition coefficient (Wildman–Crippen LogP) is 3.57. The van der Waals surface area contributed by atoms with Crippen molar-refractivity contribution in [3.63, 3.8) is 0 Å². The zero-order valence-corrected chi connectivity index (χ0v) is 12.7. The molecule has 3 N–H and O–H groups in total. The van der Waals surface area contributed by atoms with Gasteiger partial charge in [-0.15, -0.1) is 0 Å². The van der Waals surface area contributed by atoms with Crippen molar-refractivity contribution in [2.75, 3.05) is 0 Å². The van der Waals surface area contributed by atoms with Gasteiger partial charge in [0.25, 0.3) is 0 Å². The van der Waals surface area contributed by atoms with Crippen LogP contribution in [0.2, 0.25) is 5.02 Å². The van der Waals surface area contributed by atoms with Crippen molar-refractivity contribution in [3.05, 3.63) is 69.7 Å². The number of hydrogen-bond acceptors (Lipinski definition) is 2. The van der Waals surface area contributed by atoms with Gasteiger partial charge in [-0.1, -0.05) is 41.9 Å². The van der Waals surface area contributed by atoms with E-state index in [1.54, 1.807) is 0 Å². The number of nitrogens with one attached hydrogen (secondary N) is 1. The largest absolute Gasteiger partial charge is 0.271 e. The highest BCUT2D eigenvalue weighted by Crippen LogP contribution is 2.18. The predicted molar refractivity (Wildman–Crippen MR) is 85.9 cm³/mol. The summed E-state index contributed by atoms with van der Waals surface area (Å²) in [5, 5.41) is 0.769. The van der Waals surface area contributed by atoms with Crippen LogP contribution in [-0.4, -0.2) is 6.04 Å². The average Bonchev–Trinajstić information content (AvgIpc) is 2.42. The molecular formula is C17H21ClN2. The van der Waals surface area contributed by atoms with Crippen LogP contribution < -0.4 is 11.3 Å². The van der Waals surface area contributed by atoms with E-state index in [9.17, 15) is 0 Å². The smallest absolute Gasteiger partial charge is 0.0408 e. The maximum Gasteiger partial charge on any atom is 0.0408 e. The number of rotatable bonds is 5. The van der Waals surface area contributed by atoms with Crippen LogP contribution in [0.3, 0.4) is 0 Å². The topological polar surface area (TPSA) is 38.0 Å². The molecule has 0 aliphatic carbocycles. The first kappa shape index (κ1) is 15.0. The van der Waals surface area contributed by atoms with Crippen LogP contribution in [0.25, 0.3) is 0 Å². The molecule has 0 aromatic heterocycles. The van der Waals surface area contributed by atoms with Gasteiger partial charge in [-0.25, -0.2) is 0 Å². The van der Waals surface area contributed by atoms with Crippen molar-refractivity contribution in [2.45, 2.75) is 32.7 Å². The molecule has 1 atom stereocenters. The summed E-state index contributed by atoms with van der Waals surface area (Å²) in [7, 11) is 0. The fourth-order valence-corrected chi connectivity index (χ4v) is 2.77. The van der Waals surface area contributed by atoms with Crippen LogP contribution in [0.4, 0.5) is 0 Å². The van der Waals surface area contributed by atoms with Crippen LogP contribution in [-0.2, 0) is 12.8 Å². The molecule has 0 saturated heterocycles. The molecule has 0 spiro atoms. The fraction of sp³-hybridized carbons (Fsp3) is 0.294. The molecular weight excluding hydrogens is 268 g/mol. The van der Waals surface area contributed by atoms with E-state index < -0.39 is 0 Å². The molecule has 0 radical (unpaired) electrons. The van der Waals surface area contributed by atoms with Gasteiger partial charge in [0.1, 0.15) is 0 Å². The van der Waals surface area contributed by atoms with Crippen molar-refractivity contribution in [2.24, 2.45) is 5.84 Å². The number of hydrogen-bond donors (Lipinski definition) is 2. The summed E-state index contributed by atoms with van der Waals surface area (Å²) < 4.78 is 0. The van der Waals surface area contributed by atoms with Gasteiger partial charge in [0.2, 0.25) is 0 Å². The molecule has 2 aromatic rings. The minimum absolute atomic E-state index is 0.202. The number of halogens is 1. The standard InChI is InChI=1S/C17H21ClN2/c1-12-5-3-6-13(2)17(12)11-16(20-19)10-14-7-4-8-15(18)9-14/h3-9,16,20H,10-11,19H2,1-2H3.